The number of aromatic nitrogens is 4. The summed E-state index contributed by atoms with van der Waals surface area (Å²) in [5.74, 6) is 0.813. The Morgan fingerprint density at radius 3 is 2.69 bits per heavy atom. The lowest BCUT2D eigenvalue weighted by molar-refractivity contribution is 0.306. The summed E-state index contributed by atoms with van der Waals surface area (Å²) in [5.41, 5.74) is 4.02. The van der Waals surface area contributed by atoms with Gasteiger partial charge in [0.1, 0.15) is 30.3 Å². The first-order chi connectivity index (χ1) is 23.2. The number of pyridine rings is 1. The molecule has 0 aliphatic carbocycles. The summed E-state index contributed by atoms with van der Waals surface area (Å²) in [6.45, 7) is 1.37. The zero-order valence-electron chi connectivity index (χ0n) is 26.0. The zero-order chi connectivity index (χ0) is 33.5. The minimum absolute atomic E-state index is 0.0230. The minimum atomic E-state index is -3.41. The molecule has 0 amide bonds. The summed E-state index contributed by atoms with van der Waals surface area (Å²) in [7, 11) is -1.48. The maximum atomic E-state index is 13.5. The number of thiazole rings is 1. The Balaban J connectivity index is 1.06. The second-order valence-corrected chi connectivity index (χ2v) is 14.6. The fourth-order valence-electron chi connectivity index (χ4n) is 5.02. The number of ether oxygens (including phenoxy) is 1. The van der Waals surface area contributed by atoms with E-state index in [4.69, 9.17) is 21.3 Å². The molecule has 0 saturated heterocycles. The first-order valence-corrected chi connectivity index (χ1v) is 18.1. The smallest absolute Gasteiger partial charge is 0.196 e. The molecular weight excluding hydrogens is 671 g/mol. The quantitative estimate of drug-likeness (QED) is 0.123. The number of hydrogen-bond donors (Lipinski definition) is 1. The van der Waals surface area contributed by atoms with Gasteiger partial charge in [0.05, 0.1) is 27.0 Å². The number of nitrogens with one attached hydrogen (secondary N) is 1. The van der Waals surface area contributed by atoms with Gasteiger partial charge in [-0.1, -0.05) is 35.9 Å². The molecule has 48 heavy (non-hydrogen) atoms. The lowest BCUT2D eigenvalue weighted by Gasteiger charge is -2.15. The van der Waals surface area contributed by atoms with Gasteiger partial charge in [-0.3, -0.25) is 0 Å². The molecule has 3 aromatic carbocycles. The molecule has 0 aliphatic rings. The fourth-order valence-corrected chi connectivity index (χ4v) is 7.37. The van der Waals surface area contributed by atoms with Crippen molar-refractivity contribution in [3.63, 3.8) is 0 Å². The number of halogens is 2. The van der Waals surface area contributed by atoms with Crippen LogP contribution in [0.1, 0.15) is 17.0 Å². The van der Waals surface area contributed by atoms with Crippen LogP contribution in [0.4, 0.5) is 15.9 Å². The van der Waals surface area contributed by atoms with Gasteiger partial charge in [0, 0.05) is 41.2 Å². The van der Waals surface area contributed by atoms with Crippen molar-refractivity contribution in [2.75, 3.05) is 31.2 Å². The summed E-state index contributed by atoms with van der Waals surface area (Å²) in [6, 6.07) is 22.5. The Bertz CT molecular complexity index is 2130. The number of hydrogen-bond acceptors (Lipinski definition) is 10. The number of anilines is 2. The third kappa shape index (κ3) is 8.50. The summed E-state index contributed by atoms with van der Waals surface area (Å²) < 4.78 is 44.4. The number of aryl methyl sites for hydroxylation is 1. The number of nitrogens with zero attached hydrogens (tertiary/aromatic N) is 5. The molecule has 0 aliphatic heterocycles. The van der Waals surface area contributed by atoms with Crippen LogP contribution in [0.2, 0.25) is 5.02 Å². The Kier molecular flexibility index (Phi) is 10.6. The molecule has 9 nitrogen and oxygen atoms in total. The van der Waals surface area contributed by atoms with E-state index in [0.717, 1.165) is 52.2 Å². The summed E-state index contributed by atoms with van der Waals surface area (Å²) in [6.07, 6.45) is 4.64. The molecule has 3 aromatic heterocycles. The number of sulfone groups is 1. The van der Waals surface area contributed by atoms with Crippen molar-refractivity contribution in [3.8, 4) is 17.0 Å². The Hall–Kier alpha value is -4.49. The molecule has 0 saturated carbocycles. The molecule has 0 atom stereocenters. The maximum Gasteiger partial charge on any atom is 0.196 e. The lowest BCUT2D eigenvalue weighted by Crippen LogP contribution is -2.27. The van der Waals surface area contributed by atoms with Crippen LogP contribution in [0.25, 0.3) is 22.2 Å². The first kappa shape index (κ1) is 33.4. The Morgan fingerprint density at radius 1 is 0.979 bits per heavy atom. The van der Waals surface area contributed by atoms with Gasteiger partial charge in [-0.25, -0.2) is 32.7 Å². The molecule has 3 heterocycles. The summed E-state index contributed by atoms with van der Waals surface area (Å²) in [5, 5.41) is 7.74. The van der Waals surface area contributed by atoms with Crippen LogP contribution in [0.15, 0.2) is 102 Å². The van der Waals surface area contributed by atoms with Gasteiger partial charge < -0.3 is 15.0 Å². The molecule has 13 heteroatoms. The first-order valence-electron chi connectivity index (χ1n) is 15.2. The lowest BCUT2D eigenvalue weighted by atomic mass is 10.1. The van der Waals surface area contributed by atoms with Gasteiger partial charge in [0.15, 0.2) is 14.9 Å². The highest BCUT2D eigenvalue weighted by atomic mass is 35.5. The topological polar surface area (TPSA) is 110 Å². The second kappa shape index (κ2) is 15.2. The highest BCUT2D eigenvalue weighted by Crippen LogP contribution is 2.33. The summed E-state index contributed by atoms with van der Waals surface area (Å²) >= 11 is 8.12. The normalized spacial score (nSPS) is 11.7. The van der Waals surface area contributed by atoms with Gasteiger partial charge in [-0.15, -0.1) is 11.3 Å². The van der Waals surface area contributed by atoms with E-state index in [0.29, 0.717) is 28.7 Å². The van der Waals surface area contributed by atoms with Crippen LogP contribution < -0.4 is 10.1 Å². The van der Waals surface area contributed by atoms with E-state index in [9.17, 15) is 12.8 Å². The molecule has 6 rings (SSSR count). The van der Waals surface area contributed by atoms with E-state index >= 15 is 0 Å². The van der Waals surface area contributed by atoms with Crippen molar-refractivity contribution in [1.29, 1.82) is 0 Å². The molecule has 1 N–H and O–H groups in total. The van der Waals surface area contributed by atoms with Gasteiger partial charge in [-0.05, 0) is 80.2 Å². The predicted molar refractivity (Wildman–Crippen MR) is 188 cm³/mol. The highest BCUT2D eigenvalue weighted by molar-refractivity contribution is 7.91. The third-order valence-electron chi connectivity index (χ3n) is 7.59. The van der Waals surface area contributed by atoms with Crippen LogP contribution in [-0.4, -0.2) is 59.1 Å². The number of rotatable bonds is 14. The van der Waals surface area contributed by atoms with Crippen molar-refractivity contribution < 1.29 is 17.5 Å². The monoisotopic (exact) mass is 702 g/mol. The maximum absolute atomic E-state index is 13.5. The summed E-state index contributed by atoms with van der Waals surface area (Å²) in [4.78, 5) is 19.8. The van der Waals surface area contributed by atoms with Gasteiger partial charge >= 0.3 is 0 Å². The predicted octanol–water partition coefficient (Wildman–Crippen LogP) is 7.60. The van der Waals surface area contributed by atoms with Gasteiger partial charge in [-0.2, -0.15) is 0 Å². The Labute approximate surface area is 287 Å². The van der Waals surface area contributed by atoms with Crippen molar-refractivity contribution in [2.24, 2.45) is 0 Å². The molecule has 0 unspecified atom stereocenters. The van der Waals surface area contributed by atoms with Crippen molar-refractivity contribution in [3.05, 3.63) is 118 Å². The zero-order valence-corrected chi connectivity index (χ0v) is 28.4. The molecule has 246 valence electrons. The van der Waals surface area contributed by atoms with Crippen LogP contribution in [0.5, 0.6) is 5.75 Å². The molecule has 6 aromatic rings. The van der Waals surface area contributed by atoms with Crippen LogP contribution in [-0.2, 0) is 22.9 Å². The van der Waals surface area contributed by atoms with E-state index in [1.165, 1.54) is 30.7 Å². The van der Waals surface area contributed by atoms with E-state index in [-0.39, 0.29) is 23.2 Å². The average Bonchev–Trinajstić information content (AvgIpc) is 3.56. The molecule has 0 radical (unpaired) electrons. The van der Waals surface area contributed by atoms with E-state index in [1.54, 1.807) is 47.7 Å². The standard InChI is InChI=1S/C35H32ClFN6O3S2/c1-43(16-17-48(44,45)34-9-2-3-14-38-34)15-5-8-33-42-31(22-47-33)25-10-12-30-28(19-25)35(40-23-39-30)41-27-11-13-32(29(36)20-27)46-21-24-6-4-7-26(37)18-24/h2-4,6-7,9-14,18-20,22-23H,5,8,15-17,21H2,1H3,(H,39,40,41). The van der Waals surface area contributed by atoms with Crippen LogP contribution in [0.3, 0.4) is 0 Å². The fraction of sp³-hybridized carbons (Fsp3) is 0.200. The third-order valence-corrected chi connectivity index (χ3v) is 10.4. The number of benzene rings is 3. The van der Waals surface area contributed by atoms with Gasteiger partial charge in [0.25, 0.3) is 0 Å². The SMILES string of the molecule is CN(CCCc1nc(-c2ccc3ncnc(Nc4ccc(OCc5cccc(F)c5)c(Cl)c4)c3c2)cs1)CCS(=O)(=O)c1ccccn1. The highest BCUT2D eigenvalue weighted by Gasteiger charge is 2.17. The number of fused-ring (bicyclic) bond motifs is 1. The molecule has 0 bridgehead atoms. The Morgan fingerprint density at radius 2 is 1.88 bits per heavy atom. The minimum Gasteiger partial charge on any atom is -0.487 e. The van der Waals surface area contributed by atoms with Gasteiger partial charge in [0.2, 0.25) is 0 Å². The van der Waals surface area contributed by atoms with Crippen LogP contribution in [0, 0.1) is 5.82 Å². The van der Waals surface area contributed by atoms with Crippen molar-refractivity contribution in [1.82, 2.24) is 24.8 Å². The molecule has 0 spiro atoms. The second-order valence-electron chi connectivity index (χ2n) is 11.2. The van der Waals surface area contributed by atoms with Crippen molar-refractivity contribution >= 4 is 55.2 Å². The average molecular weight is 703 g/mol. The molecular formula is C35H32ClFN6O3S2. The van der Waals surface area contributed by atoms with E-state index < -0.39 is 9.84 Å². The molecule has 0 fully saturated rings. The van der Waals surface area contributed by atoms with E-state index in [2.05, 4.69) is 20.3 Å². The van der Waals surface area contributed by atoms with Crippen molar-refractivity contribution in [2.45, 2.75) is 24.5 Å². The largest absolute Gasteiger partial charge is 0.487 e. The van der Waals surface area contributed by atoms with Crippen LogP contribution >= 0.6 is 22.9 Å². The van der Waals surface area contributed by atoms with E-state index in [1.807, 2.05) is 41.6 Å².